The molecule has 0 spiro atoms. The maximum absolute atomic E-state index is 10.8. The van der Waals surface area contributed by atoms with Crippen LogP contribution in [0.4, 0.5) is 0 Å². The number of carbonyl (C=O) groups excluding carboxylic acids is 1. The molecule has 0 amide bonds. The van der Waals surface area contributed by atoms with Gasteiger partial charge in [0.25, 0.3) is 0 Å². The Labute approximate surface area is 92.9 Å². The van der Waals surface area contributed by atoms with Crippen LogP contribution in [0.3, 0.4) is 0 Å². The van der Waals surface area contributed by atoms with Crippen LogP contribution in [0, 0.1) is 0 Å². The van der Waals surface area contributed by atoms with E-state index in [1.807, 2.05) is 0 Å². The lowest BCUT2D eigenvalue weighted by atomic mass is 10.2. The third-order valence-electron chi connectivity index (χ3n) is 1.79. The van der Waals surface area contributed by atoms with E-state index in [0.717, 1.165) is 5.56 Å². The second kappa shape index (κ2) is 5.41. The number of halogens is 1. The highest BCUT2D eigenvalue weighted by atomic mass is 35.5. The van der Waals surface area contributed by atoms with Gasteiger partial charge in [0.05, 0.1) is 18.6 Å². The lowest BCUT2D eigenvalue weighted by Gasteiger charge is -1.97. The lowest BCUT2D eigenvalue weighted by molar-refractivity contribution is -0.139. The van der Waals surface area contributed by atoms with Gasteiger partial charge in [-0.2, -0.15) is 0 Å². The number of carbonyl (C=O) groups is 1. The van der Waals surface area contributed by atoms with Crippen molar-refractivity contribution in [2.24, 2.45) is 0 Å². The Morgan fingerprint density at radius 2 is 2.33 bits per heavy atom. The van der Waals surface area contributed by atoms with E-state index >= 15 is 0 Å². The number of aromatic hydroxyl groups is 1. The Bertz CT molecular complexity index is 385. The smallest absolute Gasteiger partial charge is 0.309 e. The molecule has 0 aromatic heterocycles. The van der Waals surface area contributed by atoms with Gasteiger partial charge in [0.1, 0.15) is 5.75 Å². The van der Waals surface area contributed by atoms with Gasteiger partial charge in [0.15, 0.2) is 0 Å². The lowest BCUT2D eigenvalue weighted by Crippen LogP contribution is -1.96. The molecule has 1 N–H and O–H groups in total. The first-order valence-electron chi connectivity index (χ1n) is 4.35. The predicted molar refractivity (Wildman–Crippen MR) is 58.8 cm³/mol. The highest BCUT2D eigenvalue weighted by Crippen LogP contribution is 2.24. The molecule has 0 saturated heterocycles. The number of esters is 1. The van der Waals surface area contributed by atoms with Gasteiger partial charge in [0.2, 0.25) is 0 Å². The molecule has 4 heteroatoms. The summed E-state index contributed by atoms with van der Waals surface area (Å²) >= 11 is 5.71. The summed E-state index contributed by atoms with van der Waals surface area (Å²) < 4.78 is 4.47. The standard InChI is InChI=1S/C11H11ClO3/c1-15-11(14)4-2-3-8-5-6-10(13)9(12)7-8/h2-3,5-7,13H,4H2,1H3. The van der Waals surface area contributed by atoms with E-state index in [9.17, 15) is 4.79 Å². The number of rotatable bonds is 3. The number of methoxy groups -OCH3 is 1. The zero-order valence-corrected chi connectivity index (χ0v) is 8.99. The SMILES string of the molecule is COC(=O)CC=Cc1ccc(O)c(Cl)c1. The van der Waals surface area contributed by atoms with E-state index in [1.165, 1.54) is 13.2 Å². The number of phenolic OH excluding ortho intramolecular Hbond substituents is 1. The molecule has 0 heterocycles. The van der Waals surface area contributed by atoms with Gasteiger partial charge in [-0.25, -0.2) is 0 Å². The Balaban J connectivity index is 2.65. The molecule has 0 atom stereocenters. The predicted octanol–water partition coefficient (Wildman–Crippen LogP) is 2.62. The molecule has 3 nitrogen and oxygen atoms in total. The number of ether oxygens (including phenoxy) is 1. The molecule has 0 bridgehead atoms. The Hall–Kier alpha value is -1.48. The minimum Gasteiger partial charge on any atom is -0.506 e. The highest BCUT2D eigenvalue weighted by Gasteiger charge is 1.98. The summed E-state index contributed by atoms with van der Waals surface area (Å²) in [5, 5.41) is 9.45. The van der Waals surface area contributed by atoms with Crippen molar-refractivity contribution in [1.82, 2.24) is 0 Å². The average Bonchev–Trinajstić information content (AvgIpc) is 2.23. The third kappa shape index (κ3) is 3.64. The number of hydrogen-bond donors (Lipinski definition) is 1. The second-order valence-corrected chi connectivity index (χ2v) is 3.30. The van der Waals surface area contributed by atoms with E-state index in [0.29, 0.717) is 0 Å². The van der Waals surface area contributed by atoms with Crippen LogP contribution in [0.2, 0.25) is 5.02 Å². The van der Waals surface area contributed by atoms with Gasteiger partial charge in [0, 0.05) is 0 Å². The van der Waals surface area contributed by atoms with Crippen LogP contribution < -0.4 is 0 Å². The monoisotopic (exact) mass is 226 g/mol. The third-order valence-corrected chi connectivity index (χ3v) is 2.10. The quantitative estimate of drug-likeness (QED) is 0.806. The van der Waals surface area contributed by atoms with Crippen molar-refractivity contribution in [2.75, 3.05) is 7.11 Å². The Morgan fingerprint density at radius 3 is 2.93 bits per heavy atom. The molecule has 0 aliphatic carbocycles. The fourth-order valence-corrected chi connectivity index (χ4v) is 1.19. The average molecular weight is 227 g/mol. The highest BCUT2D eigenvalue weighted by molar-refractivity contribution is 6.32. The van der Waals surface area contributed by atoms with Crippen molar-refractivity contribution in [3.63, 3.8) is 0 Å². The second-order valence-electron chi connectivity index (χ2n) is 2.89. The largest absolute Gasteiger partial charge is 0.506 e. The minimum absolute atomic E-state index is 0.0433. The van der Waals surface area contributed by atoms with Crippen LogP contribution in [-0.4, -0.2) is 18.2 Å². The van der Waals surface area contributed by atoms with Crippen molar-refractivity contribution >= 4 is 23.6 Å². The maximum Gasteiger partial charge on any atom is 0.309 e. The first kappa shape index (κ1) is 11.6. The van der Waals surface area contributed by atoms with Crippen molar-refractivity contribution < 1.29 is 14.6 Å². The Kier molecular flexibility index (Phi) is 4.18. The van der Waals surface area contributed by atoms with Gasteiger partial charge < -0.3 is 9.84 Å². The van der Waals surface area contributed by atoms with Gasteiger partial charge >= 0.3 is 5.97 Å². The van der Waals surface area contributed by atoms with Crippen molar-refractivity contribution in [3.05, 3.63) is 34.9 Å². The van der Waals surface area contributed by atoms with Crippen LogP contribution in [0.5, 0.6) is 5.75 Å². The summed E-state index contributed by atoms with van der Waals surface area (Å²) in [5.41, 5.74) is 0.821. The summed E-state index contributed by atoms with van der Waals surface area (Å²) in [6.07, 6.45) is 3.63. The van der Waals surface area contributed by atoms with E-state index in [4.69, 9.17) is 16.7 Å². The van der Waals surface area contributed by atoms with E-state index in [1.54, 1.807) is 24.3 Å². The molecule has 80 valence electrons. The molecular formula is C11H11ClO3. The minimum atomic E-state index is -0.295. The molecule has 0 radical (unpaired) electrons. The summed E-state index contributed by atoms with van der Waals surface area (Å²) in [7, 11) is 1.34. The van der Waals surface area contributed by atoms with E-state index < -0.39 is 0 Å². The molecule has 15 heavy (non-hydrogen) atoms. The first-order valence-corrected chi connectivity index (χ1v) is 4.73. The summed E-state index contributed by atoms with van der Waals surface area (Å²) in [6.45, 7) is 0. The topological polar surface area (TPSA) is 46.5 Å². The van der Waals surface area contributed by atoms with Crippen molar-refractivity contribution in [2.45, 2.75) is 6.42 Å². The number of phenols is 1. The molecule has 1 aromatic rings. The normalized spacial score (nSPS) is 10.5. The van der Waals surface area contributed by atoms with Crippen LogP contribution in [0.25, 0.3) is 6.08 Å². The van der Waals surface area contributed by atoms with Crippen LogP contribution in [0.1, 0.15) is 12.0 Å². The Morgan fingerprint density at radius 1 is 1.60 bits per heavy atom. The maximum atomic E-state index is 10.8. The number of benzene rings is 1. The van der Waals surface area contributed by atoms with Crippen molar-refractivity contribution in [1.29, 1.82) is 0 Å². The molecule has 0 aliphatic rings. The fourth-order valence-electron chi connectivity index (χ4n) is 1.00. The van der Waals surface area contributed by atoms with Gasteiger partial charge in [-0.05, 0) is 17.7 Å². The fraction of sp³-hybridized carbons (Fsp3) is 0.182. The molecule has 0 aliphatic heterocycles. The molecule has 1 aromatic carbocycles. The summed E-state index contributed by atoms with van der Waals surface area (Å²) in [6, 6.07) is 4.82. The summed E-state index contributed by atoms with van der Waals surface area (Å²) in [4.78, 5) is 10.8. The molecule has 0 saturated carbocycles. The van der Waals surface area contributed by atoms with E-state index in [2.05, 4.69) is 4.74 Å². The summed E-state index contributed by atoms with van der Waals surface area (Å²) in [5.74, 6) is -0.252. The molecule has 0 fully saturated rings. The molecule has 1 rings (SSSR count). The van der Waals surface area contributed by atoms with Crippen molar-refractivity contribution in [3.8, 4) is 5.75 Å². The molecular weight excluding hydrogens is 216 g/mol. The number of hydrogen-bond acceptors (Lipinski definition) is 3. The zero-order chi connectivity index (χ0) is 11.3. The zero-order valence-electron chi connectivity index (χ0n) is 8.24. The van der Waals surface area contributed by atoms with Crippen LogP contribution >= 0.6 is 11.6 Å². The van der Waals surface area contributed by atoms with Crippen LogP contribution in [-0.2, 0) is 9.53 Å². The first-order chi connectivity index (χ1) is 7.13. The van der Waals surface area contributed by atoms with Gasteiger partial charge in [-0.15, -0.1) is 0 Å². The molecule has 0 unspecified atom stereocenters. The van der Waals surface area contributed by atoms with E-state index in [-0.39, 0.29) is 23.2 Å². The van der Waals surface area contributed by atoms with Gasteiger partial charge in [-0.1, -0.05) is 29.8 Å². The van der Waals surface area contributed by atoms with Gasteiger partial charge in [-0.3, -0.25) is 4.79 Å². The van der Waals surface area contributed by atoms with Crippen LogP contribution in [0.15, 0.2) is 24.3 Å².